The molecule has 0 aliphatic carbocycles. The van der Waals surface area contributed by atoms with E-state index in [4.69, 9.17) is 33.7 Å². The molecule has 0 bridgehead atoms. The first-order chi connectivity index (χ1) is 7.00. The third-order valence-corrected chi connectivity index (χ3v) is 2.19. The molecular weight excluding hydrogens is 233 g/mol. The Bertz CT molecular complexity index is 364. The van der Waals surface area contributed by atoms with Crippen molar-refractivity contribution in [2.75, 3.05) is 6.61 Å². The van der Waals surface area contributed by atoms with Crippen LogP contribution in [0.1, 0.15) is 18.5 Å². The molecule has 0 saturated heterocycles. The lowest BCUT2D eigenvalue weighted by Crippen LogP contribution is -2.08. The van der Waals surface area contributed by atoms with Gasteiger partial charge in [0.1, 0.15) is 12.4 Å². The van der Waals surface area contributed by atoms with Crippen LogP contribution in [0.15, 0.2) is 29.8 Å². The molecule has 0 aliphatic heterocycles. The molecule has 82 valence electrons. The number of rotatable bonds is 4. The zero-order valence-electron chi connectivity index (χ0n) is 8.47. The van der Waals surface area contributed by atoms with Crippen LogP contribution in [0.5, 0.6) is 5.75 Å². The third-order valence-electron chi connectivity index (χ3n) is 1.85. The zero-order chi connectivity index (χ0) is 11.4. The highest BCUT2D eigenvalue weighted by atomic mass is 35.5. The van der Waals surface area contributed by atoms with E-state index in [1.165, 1.54) is 0 Å². The van der Waals surface area contributed by atoms with Crippen LogP contribution in [-0.2, 0) is 0 Å². The summed E-state index contributed by atoms with van der Waals surface area (Å²) in [4.78, 5) is 0. The number of hydrogen-bond donors (Lipinski definition) is 1. The van der Waals surface area contributed by atoms with Crippen LogP contribution in [0, 0.1) is 0 Å². The summed E-state index contributed by atoms with van der Waals surface area (Å²) >= 11 is 11.5. The second kappa shape index (κ2) is 5.40. The number of ether oxygens (including phenoxy) is 1. The minimum absolute atomic E-state index is 0.137. The number of halogens is 2. The number of benzene rings is 1. The Kier molecular flexibility index (Phi) is 4.45. The average Bonchev–Trinajstić information content (AvgIpc) is 2.15. The van der Waals surface area contributed by atoms with Gasteiger partial charge < -0.3 is 10.5 Å². The van der Waals surface area contributed by atoms with Crippen LogP contribution in [0.4, 0.5) is 0 Å². The van der Waals surface area contributed by atoms with Gasteiger partial charge in [-0.05, 0) is 25.1 Å². The molecule has 15 heavy (non-hydrogen) atoms. The molecule has 0 radical (unpaired) electrons. The molecule has 1 rings (SSSR count). The lowest BCUT2D eigenvalue weighted by atomic mass is 10.1. The van der Waals surface area contributed by atoms with E-state index in [0.717, 1.165) is 5.56 Å². The van der Waals surface area contributed by atoms with Gasteiger partial charge in [0.05, 0.1) is 0 Å². The molecule has 4 heteroatoms. The van der Waals surface area contributed by atoms with Crippen molar-refractivity contribution in [2.45, 2.75) is 13.0 Å². The van der Waals surface area contributed by atoms with Crippen molar-refractivity contribution in [1.82, 2.24) is 0 Å². The molecule has 0 unspecified atom stereocenters. The van der Waals surface area contributed by atoms with Crippen LogP contribution in [-0.4, -0.2) is 6.61 Å². The summed E-state index contributed by atoms with van der Waals surface area (Å²) in [6.07, 6.45) is 0. The minimum atomic E-state index is -0.137. The quantitative estimate of drug-likeness (QED) is 0.882. The van der Waals surface area contributed by atoms with Crippen molar-refractivity contribution in [3.05, 3.63) is 40.4 Å². The number of hydrogen-bond acceptors (Lipinski definition) is 2. The smallest absolute Gasteiger partial charge is 0.124 e. The Hall–Kier alpha value is -0.700. The predicted molar refractivity (Wildman–Crippen MR) is 64.5 cm³/mol. The predicted octanol–water partition coefficient (Wildman–Crippen LogP) is 3.49. The van der Waals surface area contributed by atoms with Gasteiger partial charge in [-0.3, -0.25) is 0 Å². The molecule has 0 spiro atoms. The van der Waals surface area contributed by atoms with Crippen molar-refractivity contribution in [3.63, 3.8) is 0 Å². The van der Waals surface area contributed by atoms with Crippen molar-refractivity contribution in [3.8, 4) is 5.75 Å². The molecule has 0 aromatic heterocycles. The highest BCUT2D eigenvalue weighted by Gasteiger charge is 2.08. The first kappa shape index (κ1) is 12.4. The lowest BCUT2D eigenvalue weighted by molar-refractivity contribution is 0.353. The van der Waals surface area contributed by atoms with Gasteiger partial charge in [0, 0.05) is 21.7 Å². The van der Waals surface area contributed by atoms with E-state index >= 15 is 0 Å². The summed E-state index contributed by atoms with van der Waals surface area (Å²) in [6, 6.07) is 5.18. The van der Waals surface area contributed by atoms with E-state index < -0.39 is 0 Å². The van der Waals surface area contributed by atoms with Gasteiger partial charge >= 0.3 is 0 Å². The van der Waals surface area contributed by atoms with E-state index in [2.05, 4.69) is 6.58 Å². The highest BCUT2D eigenvalue weighted by molar-refractivity contribution is 6.30. The SMILES string of the molecule is C=C(Cl)COc1ccc(Cl)cc1[C@@H](C)N. The summed E-state index contributed by atoms with van der Waals surface area (Å²) in [7, 11) is 0. The van der Waals surface area contributed by atoms with Gasteiger partial charge in [-0.1, -0.05) is 29.8 Å². The molecule has 0 saturated carbocycles. The first-order valence-electron chi connectivity index (χ1n) is 4.52. The Morgan fingerprint density at radius 2 is 2.27 bits per heavy atom. The van der Waals surface area contributed by atoms with Gasteiger partial charge in [-0.15, -0.1) is 0 Å². The van der Waals surface area contributed by atoms with Gasteiger partial charge in [0.15, 0.2) is 0 Å². The molecule has 0 heterocycles. The van der Waals surface area contributed by atoms with E-state index in [1.807, 2.05) is 6.92 Å². The second-order valence-corrected chi connectivity index (χ2v) is 4.25. The Balaban J connectivity index is 2.90. The molecular formula is C11H13Cl2NO. The standard InChI is InChI=1S/C11H13Cl2NO/c1-7(12)6-15-11-4-3-9(13)5-10(11)8(2)14/h3-5,8H,1,6,14H2,2H3/t8-/m1/s1. The maximum absolute atomic E-state index is 5.87. The fourth-order valence-corrected chi connectivity index (χ4v) is 1.40. The summed E-state index contributed by atoms with van der Waals surface area (Å²) in [5, 5.41) is 1.08. The molecule has 2 nitrogen and oxygen atoms in total. The van der Waals surface area contributed by atoms with Crippen molar-refractivity contribution in [2.24, 2.45) is 5.73 Å². The average molecular weight is 246 g/mol. The molecule has 0 fully saturated rings. The van der Waals surface area contributed by atoms with Crippen molar-refractivity contribution in [1.29, 1.82) is 0 Å². The van der Waals surface area contributed by atoms with Crippen LogP contribution in [0.25, 0.3) is 0 Å². The molecule has 0 amide bonds. The van der Waals surface area contributed by atoms with E-state index in [1.54, 1.807) is 18.2 Å². The van der Waals surface area contributed by atoms with Gasteiger partial charge in [0.2, 0.25) is 0 Å². The van der Waals surface area contributed by atoms with E-state index in [0.29, 0.717) is 15.8 Å². The van der Waals surface area contributed by atoms with E-state index in [9.17, 15) is 0 Å². The zero-order valence-corrected chi connectivity index (χ0v) is 9.98. The maximum atomic E-state index is 5.87. The molecule has 1 aromatic carbocycles. The largest absolute Gasteiger partial charge is 0.488 e. The highest BCUT2D eigenvalue weighted by Crippen LogP contribution is 2.27. The van der Waals surface area contributed by atoms with Crippen molar-refractivity contribution < 1.29 is 4.74 Å². The maximum Gasteiger partial charge on any atom is 0.124 e. The fourth-order valence-electron chi connectivity index (χ4n) is 1.16. The summed E-state index contributed by atoms with van der Waals surface area (Å²) in [6.45, 7) is 5.68. The Labute approximate surface area is 99.6 Å². The van der Waals surface area contributed by atoms with Crippen LogP contribution >= 0.6 is 23.2 Å². The van der Waals surface area contributed by atoms with Crippen molar-refractivity contribution >= 4 is 23.2 Å². The molecule has 0 aliphatic rings. The second-order valence-electron chi connectivity index (χ2n) is 3.28. The van der Waals surface area contributed by atoms with E-state index in [-0.39, 0.29) is 12.6 Å². The number of nitrogens with two attached hydrogens (primary N) is 1. The fraction of sp³-hybridized carbons (Fsp3) is 0.273. The Morgan fingerprint density at radius 1 is 1.60 bits per heavy atom. The monoisotopic (exact) mass is 245 g/mol. The lowest BCUT2D eigenvalue weighted by Gasteiger charge is -2.13. The van der Waals surface area contributed by atoms with Crippen LogP contribution in [0.2, 0.25) is 5.02 Å². The normalized spacial score (nSPS) is 12.3. The first-order valence-corrected chi connectivity index (χ1v) is 5.27. The van der Waals surface area contributed by atoms with Gasteiger partial charge in [-0.2, -0.15) is 0 Å². The summed E-state index contributed by atoms with van der Waals surface area (Å²) in [5.74, 6) is 0.691. The molecule has 1 aromatic rings. The minimum Gasteiger partial charge on any atom is -0.488 e. The van der Waals surface area contributed by atoms with Crippen LogP contribution < -0.4 is 10.5 Å². The van der Waals surface area contributed by atoms with Gasteiger partial charge in [-0.25, -0.2) is 0 Å². The summed E-state index contributed by atoms with van der Waals surface area (Å²) < 4.78 is 5.44. The molecule has 2 N–H and O–H groups in total. The summed E-state index contributed by atoms with van der Waals surface area (Å²) in [5.41, 5.74) is 6.66. The molecule has 1 atom stereocenters. The third kappa shape index (κ3) is 3.74. The topological polar surface area (TPSA) is 35.2 Å². The Morgan fingerprint density at radius 3 is 2.80 bits per heavy atom. The van der Waals surface area contributed by atoms with Crippen LogP contribution in [0.3, 0.4) is 0 Å². The van der Waals surface area contributed by atoms with Gasteiger partial charge in [0.25, 0.3) is 0 Å².